The van der Waals surface area contributed by atoms with Gasteiger partial charge in [0.15, 0.2) is 0 Å². The molecule has 8 heteroatoms. The van der Waals surface area contributed by atoms with E-state index in [2.05, 4.69) is 17.4 Å². The number of fused-ring (bicyclic) bond motifs is 1. The van der Waals surface area contributed by atoms with Crippen molar-refractivity contribution in [1.29, 1.82) is 0 Å². The fraction of sp³-hybridized carbons (Fsp3) is 0.172. The van der Waals surface area contributed by atoms with Gasteiger partial charge in [0.2, 0.25) is 0 Å². The SMILES string of the molecule is Cc1ccc(CN2C(=O)C(=Cc3c(NCCc4ccccc4)nc4c(C)cccn4c3=O)SC2=S)cc1. The zero-order valence-corrected chi connectivity index (χ0v) is 22.2. The van der Waals surface area contributed by atoms with Crippen LogP contribution in [0.1, 0.15) is 27.8 Å². The third-order valence-corrected chi connectivity index (χ3v) is 7.62. The molecule has 2 aromatic heterocycles. The van der Waals surface area contributed by atoms with Crippen molar-refractivity contribution in [2.75, 3.05) is 11.9 Å². The van der Waals surface area contributed by atoms with E-state index in [1.165, 1.54) is 21.7 Å². The normalized spacial score (nSPS) is 14.6. The topological polar surface area (TPSA) is 66.7 Å². The Bertz CT molecular complexity index is 1580. The summed E-state index contributed by atoms with van der Waals surface area (Å²) in [6.45, 7) is 4.92. The van der Waals surface area contributed by atoms with Gasteiger partial charge in [-0.25, -0.2) is 4.98 Å². The van der Waals surface area contributed by atoms with Crippen LogP contribution in [0.3, 0.4) is 0 Å². The van der Waals surface area contributed by atoms with E-state index in [0.717, 1.165) is 23.1 Å². The van der Waals surface area contributed by atoms with Crippen molar-refractivity contribution in [1.82, 2.24) is 14.3 Å². The van der Waals surface area contributed by atoms with Gasteiger partial charge in [-0.05, 0) is 49.1 Å². The number of anilines is 1. The largest absolute Gasteiger partial charge is 0.369 e. The average molecular weight is 527 g/mol. The standard InChI is InChI=1S/C29H26N4O2S2/c1-19-10-12-22(13-11-19)18-33-28(35)24(37-29(33)36)17-23-25(30-15-14-21-8-4-3-5-9-21)31-26-20(2)7-6-16-32(26)27(23)34/h3-13,16-17,30H,14-15,18H2,1-2H3. The van der Waals surface area contributed by atoms with Crippen molar-refractivity contribution in [3.8, 4) is 0 Å². The number of aryl methyl sites for hydroxylation is 2. The highest BCUT2D eigenvalue weighted by Crippen LogP contribution is 2.34. The molecule has 1 amide bonds. The Hall–Kier alpha value is -3.75. The van der Waals surface area contributed by atoms with Crippen LogP contribution in [-0.4, -0.2) is 31.1 Å². The summed E-state index contributed by atoms with van der Waals surface area (Å²) in [5, 5.41) is 3.34. The maximum Gasteiger partial charge on any atom is 0.267 e. The number of thioether (sulfide) groups is 1. The highest BCUT2D eigenvalue weighted by molar-refractivity contribution is 8.26. The number of hydrogen-bond acceptors (Lipinski definition) is 6. The molecule has 1 aliphatic rings. The predicted octanol–water partition coefficient (Wildman–Crippen LogP) is 5.37. The Kier molecular flexibility index (Phi) is 7.21. The van der Waals surface area contributed by atoms with Gasteiger partial charge in [0, 0.05) is 12.7 Å². The van der Waals surface area contributed by atoms with Gasteiger partial charge in [0.05, 0.1) is 17.0 Å². The van der Waals surface area contributed by atoms with Crippen LogP contribution >= 0.6 is 24.0 Å². The predicted molar refractivity (Wildman–Crippen MR) is 155 cm³/mol. The van der Waals surface area contributed by atoms with E-state index in [1.54, 1.807) is 17.2 Å². The number of nitrogens with zero attached hydrogens (tertiary/aromatic N) is 3. The number of amides is 1. The number of hydrogen-bond donors (Lipinski definition) is 1. The molecule has 1 N–H and O–H groups in total. The van der Waals surface area contributed by atoms with Gasteiger partial charge in [0.1, 0.15) is 15.8 Å². The minimum absolute atomic E-state index is 0.209. The van der Waals surface area contributed by atoms with Gasteiger partial charge in [0.25, 0.3) is 11.5 Å². The number of aromatic nitrogens is 2. The van der Waals surface area contributed by atoms with Crippen LogP contribution in [0.5, 0.6) is 0 Å². The van der Waals surface area contributed by atoms with Crippen molar-refractivity contribution < 1.29 is 4.79 Å². The zero-order chi connectivity index (χ0) is 25.9. The molecule has 6 nitrogen and oxygen atoms in total. The lowest BCUT2D eigenvalue weighted by Crippen LogP contribution is -2.27. The van der Waals surface area contributed by atoms with E-state index in [-0.39, 0.29) is 11.5 Å². The smallest absolute Gasteiger partial charge is 0.267 e. The summed E-state index contributed by atoms with van der Waals surface area (Å²) in [6.07, 6.45) is 4.10. The summed E-state index contributed by atoms with van der Waals surface area (Å²) in [5.41, 5.74) is 4.91. The van der Waals surface area contributed by atoms with Crippen molar-refractivity contribution in [3.63, 3.8) is 0 Å². The molecule has 1 saturated heterocycles. The molecule has 4 aromatic rings. The number of thiocarbonyl (C=S) groups is 1. The molecule has 0 unspecified atom stereocenters. The summed E-state index contributed by atoms with van der Waals surface area (Å²) >= 11 is 6.74. The molecule has 0 spiro atoms. The summed E-state index contributed by atoms with van der Waals surface area (Å²) in [5.74, 6) is 0.249. The van der Waals surface area contributed by atoms with E-state index >= 15 is 0 Å². The Morgan fingerprint density at radius 3 is 2.49 bits per heavy atom. The quantitative estimate of drug-likeness (QED) is 0.258. The lowest BCUT2D eigenvalue weighted by Gasteiger charge is -2.14. The van der Waals surface area contributed by atoms with Crippen LogP contribution in [0.15, 0.2) is 82.6 Å². The third-order valence-electron chi connectivity index (χ3n) is 6.24. The zero-order valence-electron chi connectivity index (χ0n) is 20.6. The molecule has 1 fully saturated rings. The second-order valence-electron chi connectivity index (χ2n) is 8.98. The highest BCUT2D eigenvalue weighted by atomic mass is 32.2. The Morgan fingerprint density at radius 2 is 1.73 bits per heavy atom. The van der Waals surface area contributed by atoms with Crippen molar-refractivity contribution in [2.24, 2.45) is 0 Å². The first-order valence-corrected chi connectivity index (χ1v) is 13.2. The van der Waals surface area contributed by atoms with E-state index < -0.39 is 0 Å². The molecule has 3 heterocycles. The van der Waals surface area contributed by atoms with Crippen LogP contribution < -0.4 is 10.9 Å². The van der Waals surface area contributed by atoms with E-state index in [1.807, 2.05) is 68.4 Å². The van der Waals surface area contributed by atoms with Crippen molar-refractivity contribution in [2.45, 2.75) is 26.8 Å². The molecule has 0 saturated carbocycles. The molecule has 0 radical (unpaired) electrons. The molecular weight excluding hydrogens is 500 g/mol. The first-order valence-electron chi connectivity index (χ1n) is 12.0. The van der Waals surface area contributed by atoms with Crippen LogP contribution in [0.2, 0.25) is 0 Å². The molecule has 37 heavy (non-hydrogen) atoms. The number of carbonyl (C=O) groups excluding carboxylic acids is 1. The first-order chi connectivity index (χ1) is 17.9. The number of rotatable bonds is 7. The van der Waals surface area contributed by atoms with Gasteiger partial charge in [-0.15, -0.1) is 0 Å². The van der Waals surface area contributed by atoms with E-state index in [9.17, 15) is 9.59 Å². The van der Waals surface area contributed by atoms with Crippen molar-refractivity contribution >= 4 is 51.7 Å². The van der Waals surface area contributed by atoms with Gasteiger partial charge in [-0.3, -0.25) is 18.9 Å². The van der Waals surface area contributed by atoms with E-state index in [4.69, 9.17) is 17.2 Å². The molecule has 2 aromatic carbocycles. The van der Waals surface area contributed by atoms with Crippen LogP contribution in [0.4, 0.5) is 5.82 Å². The number of benzene rings is 2. The average Bonchev–Trinajstić information content (AvgIpc) is 3.16. The van der Waals surface area contributed by atoms with Gasteiger partial charge >= 0.3 is 0 Å². The molecule has 0 atom stereocenters. The Morgan fingerprint density at radius 1 is 0.973 bits per heavy atom. The minimum Gasteiger partial charge on any atom is -0.369 e. The van der Waals surface area contributed by atoms with Crippen LogP contribution in [0.25, 0.3) is 11.7 Å². The summed E-state index contributed by atoms with van der Waals surface area (Å²) in [7, 11) is 0. The van der Waals surface area contributed by atoms with Gasteiger partial charge in [-0.2, -0.15) is 0 Å². The Balaban J connectivity index is 1.48. The van der Waals surface area contributed by atoms with Crippen molar-refractivity contribution in [3.05, 3.63) is 116 Å². The monoisotopic (exact) mass is 526 g/mol. The molecule has 1 aliphatic heterocycles. The third kappa shape index (κ3) is 5.35. The minimum atomic E-state index is -0.236. The fourth-order valence-corrected chi connectivity index (χ4v) is 5.43. The van der Waals surface area contributed by atoms with Crippen LogP contribution in [-0.2, 0) is 17.8 Å². The second kappa shape index (κ2) is 10.7. The second-order valence-corrected chi connectivity index (χ2v) is 10.7. The summed E-state index contributed by atoms with van der Waals surface area (Å²) < 4.78 is 2.00. The summed E-state index contributed by atoms with van der Waals surface area (Å²) in [4.78, 5) is 33.7. The maximum absolute atomic E-state index is 13.6. The summed E-state index contributed by atoms with van der Waals surface area (Å²) in [6, 6.07) is 21.9. The number of carbonyl (C=O) groups is 1. The molecule has 0 bridgehead atoms. The number of nitrogens with one attached hydrogen (secondary N) is 1. The maximum atomic E-state index is 13.6. The van der Waals surface area contributed by atoms with Gasteiger partial charge < -0.3 is 5.32 Å². The van der Waals surface area contributed by atoms with E-state index in [0.29, 0.717) is 39.3 Å². The van der Waals surface area contributed by atoms with Gasteiger partial charge in [-0.1, -0.05) is 90.2 Å². The lowest BCUT2D eigenvalue weighted by atomic mass is 10.1. The Labute approximate surface area is 225 Å². The highest BCUT2D eigenvalue weighted by Gasteiger charge is 2.32. The molecular formula is C29H26N4O2S2. The lowest BCUT2D eigenvalue weighted by molar-refractivity contribution is -0.122. The van der Waals surface area contributed by atoms with Crippen LogP contribution in [0, 0.1) is 13.8 Å². The molecule has 5 rings (SSSR count). The molecule has 186 valence electrons. The molecule has 0 aliphatic carbocycles. The fourth-order valence-electron chi connectivity index (χ4n) is 4.19. The number of pyridine rings is 1. The first kappa shape index (κ1) is 24.9.